The molecule has 1 aliphatic rings. The molecule has 2 atom stereocenters. The third kappa shape index (κ3) is 5.21. The third-order valence-corrected chi connectivity index (χ3v) is 4.75. The molecule has 3 rings (SSSR count). The Morgan fingerprint density at radius 3 is 2.80 bits per heavy atom. The van der Waals surface area contributed by atoms with Gasteiger partial charge in [0, 0.05) is 10.5 Å². The van der Waals surface area contributed by atoms with E-state index in [2.05, 4.69) is 33.5 Å². The normalized spacial score (nSPS) is 19.6. The largest absolute Gasteiger partial charge is 0.456 e. The molecule has 4 nitrogen and oxygen atoms in total. The summed E-state index contributed by atoms with van der Waals surface area (Å²) >= 11 is 3.43. The molecule has 2 unspecified atom stereocenters. The predicted octanol–water partition coefficient (Wildman–Crippen LogP) is 4.39. The van der Waals surface area contributed by atoms with Crippen LogP contribution in [0.15, 0.2) is 53.0 Å². The van der Waals surface area contributed by atoms with Crippen LogP contribution in [0.3, 0.4) is 0 Å². The maximum atomic E-state index is 12.7. The van der Waals surface area contributed by atoms with Crippen LogP contribution in [0.25, 0.3) is 0 Å². The highest BCUT2D eigenvalue weighted by atomic mass is 79.9. The highest BCUT2D eigenvalue weighted by Crippen LogP contribution is 2.27. The highest BCUT2D eigenvalue weighted by molar-refractivity contribution is 9.10. The van der Waals surface area contributed by atoms with Gasteiger partial charge >= 0.3 is 0 Å². The molecule has 1 saturated heterocycles. The molecule has 0 saturated carbocycles. The van der Waals surface area contributed by atoms with E-state index in [9.17, 15) is 4.79 Å². The van der Waals surface area contributed by atoms with Crippen LogP contribution in [0, 0.1) is 5.92 Å². The molecule has 25 heavy (non-hydrogen) atoms. The van der Waals surface area contributed by atoms with E-state index in [0.717, 1.165) is 24.0 Å². The second kappa shape index (κ2) is 9.22. The first-order valence-electron chi connectivity index (χ1n) is 8.17. The second-order valence-corrected chi connectivity index (χ2v) is 7.02. The number of amides is 1. The lowest BCUT2D eigenvalue weighted by Crippen LogP contribution is -2.48. The van der Waals surface area contributed by atoms with Crippen LogP contribution in [0.2, 0.25) is 0 Å². The molecule has 1 heterocycles. The molecular formula is C19H22BrClN2O2. The van der Waals surface area contributed by atoms with Crippen molar-refractivity contribution in [1.29, 1.82) is 0 Å². The Morgan fingerprint density at radius 1 is 1.24 bits per heavy atom. The molecule has 1 fully saturated rings. The maximum absolute atomic E-state index is 12.7. The summed E-state index contributed by atoms with van der Waals surface area (Å²) in [5.74, 6) is 1.59. The average molecular weight is 426 g/mol. The number of para-hydroxylation sites is 1. The molecule has 2 N–H and O–H groups in total. The van der Waals surface area contributed by atoms with Gasteiger partial charge in [-0.2, -0.15) is 0 Å². The van der Waals surface area contributed by atoms with Crippen molar-refractivity contribution < 1.29 is 9.53 Å². The number of carbonyl (C=O) groups is 1. The third-order valence-electron chi connectivity index (χ3n) is 4.26. The van der Waals surface area contributed by atoms with E-state index in [1.54, 1.807) is 6.07 Å². The number of halogens is 2. The topological polar surface area (TPSA) is 50.4 Å². The van der Waals surface area contributed by atoms with Gasteiger partial charge in [-0.05, 0) is 55.8 Å². The maximum Gasteiger partial charge on any atom is 0.255 e. The number of hydrogen-bond donors (Lipinski definition) is 2. The minimum Gasteiger partial charge on any atom is -0.456 e. The number of benzene rings is 2. The number of carbonyl (C=O) groups excluding carboxylic acids is 1. The van der Waals surface area contributed by atoms with Gasteiger partial charge in [-0.1, -0.05) is 41.1 Å². The fourth-order valence-corrected chi connectivity index (χ4v) is 3.25. The molecule has 0 spiro atoms. The number of piperidine rings is 1. The predicted molar refractivity (Wildman–Crippen MR) is 106 cm³/mol. The van der Waals surface area contributed by atoms with Crippen molar-refractivity contribution in [1.82, 2.24) is 10.6 Å². The minimum atomic E-state index is -0.0839. The number of rotatable bonds is 4. The first-order valence-corrected chi connectivity index (χ1v) is 8.97. The average Bonchev–Trinajstić information content (AvgIpc) is 2.57. The Bertz CT molecular complexity index is 726. The monoisotopic (exact) mass is 424 g/mol. The van der Waals surface area contributed by atoms with E-state index in [0.29, 0.717) is 23.0 Å². The van der Waals surface area contributed by atoms with Crippen LogP contribution in [0.1, 0.15) is 23.7 Å². The Labute approximate surface area is 162 Å². The molecule has 0 aromatic heterocycles. The summed E-state index contributed by atoms with van der Waals surface area (Å²) in [6.07, 6.45) is 0.946. The van der Waals surface area contributed by atoms with Gasteiger partial charge < -0.3 is 15.4 Å². The van der Waals surface area contributed by atoms with E-state index in [1.165, 1.54) is 0 Å². The summed E-state index contributed by atoms with van der Waals surface area (Å²) in [6, 6.07) is 15.1. The molecular weight excluding hydrogens is 404 g/mol. The van der Waals surface area contributed by atoms with Gasteiger partial charge in [0.05, 0.1) is 5.56 Å². The minimum absolute atomic E-state index is 0. The van der Waals surface area contributed by atoms with Crippen molar-refractivity contribution in [2.75, 3.05) is 13.1 Å². The van der Waals surface area contributed by atoms with Gasteiger partial charge in [0.1, 0.15) is 11.5 Å². The van der Waals surface area contributed by atoms with E-state index in [1.807, 2.05) is 42.5 Å². The first-order chi connectivity index (χ1) is 11.6. The number of ether oxygens (including phenoxy) is 1. The first kappa shape index (κ1) is 19.8. The van der Waals surface area contributed by atoms with Crippen molar-refractivity contribution >= 4 is 34.2 Å². The Hall–Kier alpha value is -1.56. The Balaban J connectivity index is 0.00000225. The standard InChI is InChI=1S/C19H21BrN2O2.ClH/c1-13-12-21-10-9-17(13)22-19(23)16-7-2-3-8-18(16)24-15-6-4-5-14(20)11-15;/h2-8,11,13,17,21H,9-10,12H2,1H3,(H,22,23);1H. The van der Waals surface area contributed by atoms with Gasteiger partial charge in [-0.15, -0.1) is 12.4 Å². The quantitative estimate of drug-likeness (QED) is 0.764. The zero-order valence-electron chi connectivity index (χ0n) is 14.0. The molecule has 2 aromatic rings. The van der Waals surface area contributed by atoms with Gasteiger partial charge in [0.2, 0.25) is 0 Å². The molecule has 1 amide bonds. The van der Waals surface area contributed by atoms with Gasteiger partial charge in [-0.25, -0.2) is 0 Å². The fourth-order valence-electron chi connectivity index (χ4n) is 2.88. The van der Waals surface area contributed by atoms with E-state index >= 15 is 0 Å². The summed E-state index contributed by atoms with van der Waals surface area (Å²) in [5, 5.41) is 6.50. The summed E-state index contributed by atoms with van der Waals surface area (Å²) in [4.78, 5) is 12.7. The molecule has 2 aromatic carbocycles. The van der Waals surface area contributed by atoms with Crippen molar-refractivity contribution in [2.24, 2.45) is 5.92 Å². The number of nitrogens with one attached hydrogen (secondary N) is 2. The lowest BCUT2D eigenvalue weighted by Gasteiger charge is -2.30. The second-order valence-electron chi connectivity index (χ2n) is 6.11. The lowest BCUT2D eigenvalue weighted by molar-refractivity contribution is 0.0912. The summed E-state index contributed by atoms with van der Waals surface area (Å²) in [5.41, 5.74) is 0.559. The van der Waals surface area contributed by atoms with Crippen LogP contribution >= 0.6 is 28.3 Å². The van der Waals surface area contributed by atoms with Crippen molar-refractivity contribution in [2.45, 2.75) is 19.4 Å². The zero-order chi connectivity index (χ0) is 16.9. The van der Waals surface area contributed by atoms with Gasteiger partial charge in [-0.3, -0.25) is 4.79 Å². The highest BCUT2D eigenvalue weighted by Gasteiger charge is 2.24. The fraction of sp³-hybridized carbons (Fsp3) is 0.316. The molecule has 0 aliphatic carbocycles. The van der Waals surface area contributed by atoms with Crippen LogP contribution in [0.4, 0.5) is 0 Å². The molecule has 6 heteroatoms. The molecule has 1 aliphatic heterocycles. The molecule has 134 valence electrons. The van der Waals surface area contributed by atoms with Crippen LogP contribution < -0.4 is 15.4 Å². The van der Waals surface area contributed by atoms with Crippen molar-refractivity contribution in [3.05, 3.63) is 58.6 Å². The zero-order valence-corrected chi connectivity index (χ0v) is 16.4. The number of hydrogen-bond acceptors (Lipinski definition) is 3. The molecule has 0 bridgehead atoms. The van der Waals surface area contributed by atoms with E-state index < -0.39 is 0 Å². The van der Waals surface area contributed by atoms with Gasteiger partial charge in [0.25, 0.3) is 5.91 Å². The van der Waals surface area contributed by atoms with Gasteiger partial charge in [0.15, 0.2) is 0 Å². The van der Waals surface area contributed by atoms with E-state index in [4.69, 9.17) is 4.74 Å². The van der Waals surface area contributed by atoms with Crippen molar-refractivity contribution in [3.63, 3.8) is 0 Å². The summed E-state index contributed by atoms with van der Waals surface area (Å²) < 4.78 is 6.86. The van der Waals surface area contributed by atoms with Crippen LogP contribution in [0.5, 0.6) is 11.5 Å². The Kier molecular flexibility index (Phi) is 7.29. The SMILES string of the molecule is CC1CNCCC1NC(=O)c1ccccc1Oc1cccc(Br)c1.Cl. The smallest absolute Gasteiger partial charge is 0.255 e. The van der Waals surface area contributed by atoms with Crippen LogP contribution in [-0.2, 0) is 0 Å². The van der Waals surface area contributed by atoms with Crippen LogP contribution in [-0.4, -0.2) is 25.0 Å². The molecule has 0 radical (unpaired) electrons. The summed E-state index contributed by atoms with van der Waals surface area (Å²) in [6.45, 7) is 4.02. The summed E-state index contributed by atoms with van der Waals surface area (Å²) in [7, 11) is 0. The Morgan fingerprint density at radius 2 is 2.04 bits per heavy atom. The van der Waals surface area contributed by atoms with Crippen molar-refractivity contribution in [3.8, 4) is 11.5 Å². The lowest BCUT2D eigenvalue weighted by atomic mass is 9.95. The van der Waals surface area contributed by atoms with E-state index in [-0.39, 0.29) is 24.4 Å².